The molecule has 0 aromatic heterocycles. The summed E-state index contributed by atoms with van der Waals surface area (Å²) in [5.74, 6) is 0.00168. The fourth-order valence-corrected chi connectivity index (χ4v) is 3.04. The van der Waals surface area contributed by atoms with Gasteiger partial charge in [0.25, 0.3) is 0 Å². The lowest BCUT2D eigenvalue weighted by Gasteiger charge is -2.13. The van der Waals surface area contributed by atoms with E-state index in [0.717, 1.165) is 0 Å². The largest absolute Gasteiger partial charge is 0.466 e. The average molecular weight is 266 g/mol. The van der Waals surface area contributed by atoms with Gasteiger partial charge >= 0.3 is 5.97 Å². The molecule has 1 unspecified atom stereocenters. The van der Waals surface area contributed by atoms with Gasteiger partial charge in [0.05, 0.1) is 13.0 Å². The Morgan fingerprint density at radius 3 is 2.65 bits per heavy atom. The molecule has 0 saturated heterocycles. The van der Waals surface area contributed by atoms with E-state index in [2.05, 4.69) is 43.3 Å². The van der Waals surface area contributed by atoms with Crippen molar-refractivity contribution in [2.24, 2.45) is 0 Å². The molecule has 0 heterocycles. The molecule has 2 aromatic rings. The van der Waals surface area contributed by atoms with Crippen LogP contribution in [0.1, 0.15) is 36.0 Å². The molecule has 0 radical (unpaired) electrons. The van der Waals surface area contributed by atoms with Crippen molar-refractivity contribution in [2.75, 3.05) is 6.61 Å². The molecule has 3 rings (SSSR count). The molecular formula is C18H18O2. The standard InChI is InChI=1S/C18H18O2/c1-3-20-18(19)11-17-14-7-5-4-6-13(14)15-9-8-12(2)10-16(15)17/h4-10,17H,3,11H2,1-2H3. The van der Waals surface area contributed by atoms with Gasteiger partial charge < -0.3 is 4.74 Å². The minimum Gasteiger partial charge on any atom is -0.466 e. The highest BCUT2D eigenvalue weighted by Gasteiger charge is 2.30. The fraction of sp³-hybridized carbons (Fsp3) is 0.278. The van der Waals surface area contributed by atoms with Gasteiger partial charge in [-0.15, -0.1) is 0 Å². The molecule has 1 atom stereocenters. The van der Waals surface area contributed by atoms with Crippen molar-refractivity contribution in [3.63, 3.8) is 0 Å². The lowest BCUT2D eigenvalue weighted by molar-refractivity contribution is -0.143. The number of carbonyl (C=O) groups is 1. The number of carbonyl (C=O) groups excluding carboxylic acids is 1. The predicted molar refractivity (Wildman–Crippen MR) is 79.7 cm³/mol. The third kappa shape index (κ3) is 2.11. The third-order valence-corrected chi connectivity index (χ3v) is 3.88. The predicted octanol–water partition coefficient (Wildman–Crippen LogP) is 4.06. The fourth-order valence-electron chi connectivity index (χ4n) is 3.04. The molecule has 0 bridgehead atoms. The highest BCUT2D eigenvalue weighted by molar-refractivity contribution is 5.82. The van der Waals surface area contributed by atoms with Crippen LogP contribution in [-0.4, -0.2) is 12.6 Å². The molecule has 0 fully saturated rings. The van der Waals surface area contributed by atoms with Crippen LogP contribution >= 0.6 is 0 Å². The Balaban J connectivity index is 2.05. The lowest BCUT2D eigenvalue weighted by Crippen LogP contribution is -2.09. The molecule has 2 heteroatoms. The van der Waals surface area contributed by atoms with Crippen molar-refractivity contribution in [1.82, 2.24) is 0 Å². The van der Waals surface area contributed by atoms with Gasteiger partial charge in [-0.05, 0) is 36.1 Å². The van der Waals surface area contributed by atoms with Crippen LogP contribution in [0.2, 0.25) is 0 Å². The van der Waals surface area contributed by atoms with E-state index < -0.39 is 0 Å². The molecule has 1 aliphatic rings. The van der Waals surface area contributed by atoms with Crippen LogP contribution in [0.4, 0.5) is 0 Å². The minimum absolute atomic E-state index is 0.123. The zero-order valence-electron chi connectivity index (χ0n) is 11.8. The number of fused-ring (bicyclic) bond motifs is 3. The number of aryl methyl sites for hydroxylation is 1. The molecule has 0 amide bonds. The van der Waals surface area contributed by atoms with Gasteiger partial charge in [0.15, 0.2) is 0 Å². The number of esters is 1. The summed E-state index contributed by atoms with van der Waals surface area (Å²) in [7, 11) is 0. The smallest absolute Gasteiger partial charge is 0.306 e. The van der Waals surface area contributed by atoms with Crippen LogP contribution in [-0.2, 0) is 9.53 Å². The first-order valence-electron chi connectivity index (χ1n) is 7.06. The summed E-state index contributed by atoms with van der Waals surface area (Å²) >= 11 is 0. The summed E-state index contributed by atoms with van der Waals surface area (Å²) in [6.07, 6.45) is 0.418. The van der Waals surface area contributed by atoms with Gasteiger partial charge in [-0.3, -0.25) is 4.79 Å². The number of ether oxygens (including phenoxy) is 1. The Hall–Kier alpha value is -2.09. The molecule has 0 aliphatic heterocycles. The van der Waals surface area contributed by atoms with Gasteiger partial charge in [0.1, 0.15) is 0 Å². The average Bonchev–Trinajstić information content (AvgIpc) is 2.73. The molecule has 1 aliphatic carbocycles. The van der Waals surface area contributed by atoms with Gasteiger partial charge in [-0.2, -0.15) is 0 Å². The number of rotatable bonds is 3. The summed E-state index contributed by atoms with van der Waals surface area (Å²) < 4.78 is 5.13. The molecule has 0 N–H and O–H groups in total. The van der Waals surface area contributed by atoms with Gasteiger partial charge in [-0.1, -0.05) is 48.0 Å². The van der Waals surface area contributed by atoms with E-state index in [4.69, 9.17) is 4.74 Å². The topological polar surface area (TPSA) is 26.3 Å². The number of benzene rings is 2. The number of hydrogen-bond donors (Lipinski definition) is 0. The molecule has 102 valence electrons. The SMILES string of the molecule is CCOC(=O)CC1c2ccccc2-c2ccc(C)cc21. The Kier molecular flexibility index (Phi) is 3.31. The van der Waals surface area contributed by atoms with Crippen molar-refractivity contribution in [3.8, 4) is 11.1 Å². The molecular weight excluding hydrogens is 248 g/mol. The molecule has 2 aromatic carbocycles. The number of hydrogen-bond acceptors (Lipinski definition) is 2. The van der Waals surface area contributed by atoms with Crippen LogP contribution in [0.5, 0.6) is 0 Å². The monoisotopic (exact) mass is 266 g/mol. The Morgan fingerprint density at radius 2 is 1.85 bits per heavy atom. The first-order valence-corrected chi connectivity index (χ1v) is 7.06. The van der Waals surface area contributed by atoms with Crippen LogP contribution < -0.4 is 0 Å². The first-order chi connectivity index (χ1) is 9.70. The van der Waals surface area contributed by atoms with Crippen LogP contribution in [0.25, 0.3) is 11.1 Å². The minimum atomic E-state index is -0.123. The maximum atomic E-state index is 11.9. The van der Waals surface area contributed by atoms with E-state index >= 15 is 0 Å². The Labute approximate surface area is 119 Å². The van der Waals surface area contributed by atoms with Gasteiger partial charge in [-0.25, -0.2) is 0 Å². The van der Waals surface area contributed by atoms with Crippen molar-refractivity contribution < 1.29 is 9.53 Å². The van der Waals surface area contributed by atoms with Gasteiger partial charge in [0, 0.05) is 5.92 Å². The van der Waals surface area contributed by atoms with Crippen molar-refractivity contribution in [2.45, 2.75) is 26.2 Å². The molecule has 0 spiro atoms. The van der Waals surface area contributed by atoms with Crippen LogP contribution in [0.15, 0.2) is 42.5 Å². The third-order valence-electron chi connectivity index (χ3n) is 3.88. The van der Waals surface area contributed by atoms with E-state index in [0.29, 0.717) is 13.0 Å². The van der Waals surface area contributed by atoms with E-state index in [1.807, 2.05) is 13.0 Å². The quantitative estimate of drug-likeness (QED) is 0.783. The van der Waals surface area contributed by atoms with Crippen molar-refractivity contribution in [1.29, 1.82) is 0 Å². The summed E-state index contributed by atoms with van der Waals surface area (Å²) in [5.41, 5.74) is 6.21. The highest BCUT2D eigenvalue weighted by atomic mass is 16.5. The van der Waals surface area contributed by atoms with Crippen LogP contribution in [0, 0.1) is 6.92 Å². The highest BCUT2D eigenvalue weighted by Crippen LogP contribution is 2.46. The summed E-state index contributed by atoms with van der Waals surface area (Å²) in [6.45, 7) is 4.37. The summed E-state index contributed by atoms with van der Waals surface area (Å²) in [6, 6.07) is 14.8. The molecule has 20 heavy (non-hydrogen) atoms. The Morgan fingerprint density at radius 1 is 1.10 bits per heavy atom. The van der Waals surface area contributed by atoms with Crippen LogP contribution in [0.3, 0.4) is 0 Å². The van der Waals surface area contributed by atoms with E-state index in [-0.39, 0.29) is 11.9 Å². The van der Waals surface area contributed by atoms with Gasteiger partial charge in [0.2, 0.25) is 0 Å². The first kappa shape index (κ1) is 12.9. The molecule has 2 nitrogen and oxygen atoms in total. The Bertz CT molecular complexity index is 658. The van der Waals surface area contributed by atoms with E-state index in [9.17, 15) is 4.79 Å². The maximum absolute atomic E-state index is 11.9. The maximum Gasteiger partial charge on any atom is 0.306 e. The second-order valence-corrected chi connectivity index (χ2v) is 5.24. The zero-order valence-corrected chi connectivity index (χ0v) is 11.8. The summed E-state index contributed by atoms with van der Waals surface area (Å²) in [4.78, 5) is 11.9. The second-order valence-electron chi connectivity index (χ2n) is 5.24. The lowest BCUT2D eigenvalue weighted by atomic mass is 9.93. The van der Waals surface area contributed by atoms with Crippen molar-refractivity contribution in [3.05, 3.63) is 59.2 Å². The van der Waals surface area contributed by atoms with Crippen molar-refractivity contribution >= 4 is 5.97 Å². The zero-order chi connectivity index (χ0) is 14.1. The van der Waals surface area contributed by atoms with E-state index in [1.54, 1.807) is 0 Å². The van der Waals surface area contributed by atoms with E-state index in [1.165, 1.54) is 27.8 Å². The second kappa shape index (κ2) is 5.12. The molecule has 0 saturated carbocycles. The summed E-state index contributed by atoms with van der Waals surface area (Å²) in [5, 5.41) is 0. The normalized spacial score (nSPS) is 15.6.